The number of nitrogens with zero attached hydrogens (tertiary/aromatic N) is 1. The van der Waals surface area contributed by atoms with Gasteiger partial charge in [0.2, 0.25) is 11.8 Å². The van der Waals surface area contributed by atoms with E-state index in [1.807, 2.05) is 48.5 Å². The van der Waals surface area contributed by atoms with Crippen LogP contribution >= 0.6 is 35.4 Å². The van der Waals surface area contributed by atoms with Crippen molar-refractivity contribution >= 4 is 69.3 Å². The highest BCUT2D eigenvalue weighted by atomic mass is 35.5. The van der Waals surface area contributed by atoms with E-state index in [9.17, 15) is 4.79 Å². The number of halogens is 2. The van der Waals surface area contributed by atoms with Crippen LogP contribution in [0.25, 0.3) is 40.0 Å². The minimum Gasteiger partial charge on any atom is -0.457 e. The number of fused-ring (bicyclic) bond motifs is 1. The van der Waals surface area contributed by atoms with Crippen LogP contribution < -0.4 is 10.6 Å². The third-order valence-electron chi connectivity index (χ3n) is 5.12. The summed E-state index contributed by atoms with van der Waals surface area (Å²) >= 11 is 17.5. The van der Waals surface area contributed by atoms with Gasteiger partial charge in [0.15, 0.2) is 10.7 Å². The third kappa shape index (κ3) is 5.49. The first-order valence-electron chi connectivity index (χ1n) is 10.8. The van der Waals surface area contributed by atoms with E-state index in [2.05, 4.69) is 15.6 Å². The number of nitrogens with one attached hydrogen (secondary N) is 2. The number of anilines is 1. The van der Waals surface area contributed by atoms with Crippen LogP contribution in [0.1, 0.15) is 5.76 Å². The lowest BCUT2D eigenvalue weighted by Crippen LogP contribution is -2.32. The number of oxazole rings is 1. The maximum atomic E-state index is 12.3. The van der Waals surface area contributed by atoms with Crippen molar-refractivity contribution in [1.29, 1.82) is 0 Å². The highest BCUT2D eigenvalue weighted by molar-refractivity contribution is 7.80. The van der Waals surface area contributed by atoms with Crippen molar-refractivity contribution in [1.82, 2.24) is 10.3 Å². The molecule has 9 heteroatoms. The number of para-hydroxylation sites is 2. The highest BCUT2D eigenvalue weighted by Gasteiger charge is 2.10. The fourth-order valence-electron chi connectivity index (χ4n) is 3.48. The summed E-state index contributed by atoms with van der Waals surface area (Å²) in [6.45, 7) is 0. The number of hydrogen-bond donors (Lipinski definition) is 2. The standard InChI is InChI=1S/C27H17Cl2N3O3S/c28-17-8-11-20(21(29)15-17)23-12-9-19(34-23)10-13-25(33)32-27(36)30-18-5-3-4-16(14-18)26-31-22-6-1-2-7-24(22)35-26/h1-15H,(H2,30,32,33,36)/b13-10+. The van der Waals surface area contributed by atoms with Crippen molar-refractivity contribution in [3.8, 4) is 22.8 Å². The van der Waals surface area contributed by atoms with Crippen molar-refractivity contribution < 1.29 is 13.6 Å². The van der Waals surface area contributed by atoms with E-state index in [1.54, 1.807) is 36.4 Å². The molecule has 36 heavy (non-hydrogen) atoms. The Bertz CT molecular complexity index is 1590. The summed E-state index contributed by atoms with van der Waals surface area (Å²) in [4.78, 5) is 16.9. The fraction of sp³-hybridized carbons (Fsp3) is 0. The second-order valence-corrected chi connectivity index (χ2v) is 8.92. The first-order valence-corrected chi connectivity index (χ1v) is 11.9. The number of rotatable bonds is 5. The van der Waals surface area contributed by atoms with E-state index >= 15 is 0 Å². The number of hydrogen-bond acceptors (Lipinski definition) is 5. The molecule has 2 N–H and O–H groups in total. The molecule has 0 aliphatic rings. The minimum atomic E-state index is -0.412. The van der Waals surface area contributed by atoms with Crippen LogP contribution in [0.4, 0.5) is 5.69 Å². The summed E-state index contributed by atoms with van der Waals surface area (Å²) in [7, 11) is 0. The Morgan fingerprint density at radius 1 is 0.944 bits per heavy atom. The second-order valence-electron chi connectivity index (χ2n) is 7.67. The molecule has 0 aliphatic heterocycles. The molecule has 0 unspecified atom stereocenters. The first-order chi connectivity index (χ1) is 17.4. The largest absolute Gasteiger partial charge is 0.457 e. The lowest BCUT2D eigenvalue weighted by Gasteiger charge is -2.08. The quantitative estimate of drug-likeness (QED) is 0.179. The summed E-state index contributed by atoms with van der Waals surface area (Å²) in [6, 6.07) is 23.6. The number of amides is 1. The van der Waals surface area contributed by atoms with Crippen molar-refractivity contribution in [3.05, 3.63) is 101 Å². The van der Waals surface area contributed by atoms with Crippen LogP contribution in [0.5, 0.6) is 0 Å². The highest BCUT2D eigenvalue weighted by Crippen LogP contribution is 2.32. The van der Waals surface area contributed by atoms with Crippen LogP contribution in [0.3, 0.4) is 0 Å². The van der Waals surface area contributed by atoms with Gasteiger partial charge in [0.25, 0.3) is 0 Å². The fourth-order valence-corrected chi connectivity index (χ4v) is 4.20. The number of thiocarbonyl (C=S) groups is 1. The molecule has 2 heterocycles. The molecule has 0 aliphatic carbocycles. The summed E-state index contributed by atoms with van der Waals surface area (Å²) in [5.41, 5.74) is 3.65. The number of benzene rings is 3. The maximum Gasteiger partial charge on any atom is 0.250 e. The van der Waals surface area contributed by atoms with Gasteiger partial charge in [-0.3, -0.25) is 10.1 Å². The Labute approximate surface area is 221 Å². The van der Waals surface area contributed by atoms with Crippen LogP contribution in [0.2, 0.25) is 10.0 Å². The maximum absolute atomic E-state index is 12.3. The predicted octanol–water partition coefficient (Wildman–Crippen LogP) is 7.59. The van der Waals surface area contributed by atoms with E-state index in [1.165, 1.54) is 6.08 Å². The Balaban J connectivity index is 1.20. The first kappa shape index (κ1) is 23.8. The van der Waals surface area contributed by atoms with Gasteiger partial charge < -0.3 is 14.2 Å². The molecule has 0 atom stereocenters. The molecule has 6 nitrogen and oxygen atoms in total. The van der Waals surface area contributed by atoms with Crippen molar-refractivity contribution in [3.63, 3.8) is 0 Å². The van der Waals surface area contributed by atoms with Gasteiger partial charge in [-0.25, -0.2) is 4.98 Å². The molecule has 0 saturated carbocycles. The molecule has 5 aromatic rings. The second kappa shape index (κ2) is 10.4. The van der Waals surface area contributed by atoms with Crippen molar-refractivity contribution in [2.45, 2.75) is 0 Å². The van der Waals surface area contributed by atoms with Gasteiger partial charge in [-0.05, 0) is 79.0 Å². The van der Waals surface area contributed by atoms with Gasteiger partial charge in [-0.1, -0.05) is 41.4 Å². The van der Waals surface area contributed by atoms with Crippen LogP contribution in [-0.4, -0.2) is 16.0 Å². The predicted molar refractivity (Wildman–Crippen MR) is 147 cm³/mol. The molecular weight excluding hydrogens is 517 g/mol. The Kier molecular flexibility index (Phi) is 6.86. The molecule has 1 amide bonds. The monoisotopic (exact) mass is 533 g/mol. The Hall–Kier alpha value is -3.91. The van der Waals surface area contributed by atoms with E-state index in [0.29, 0.717) is 44.3 Å². The summed E-state index contributed by atoms with van der Waals surface area (Å²) < 4.78 is 11.6. The molecule has 0 radical (unpaired) electrons. The summed E-state index contributed by atoms with van der Waals surface area (Å²) in [5.74, 6) is 1.13. The number of aromatic nitrogens is 1. The molecule has 2 aromatic heterocycles. The van der Waals surface area contributed by atoms with Crippen LogP contribution in [0.15, 0.2) is 93.8 Å². The third-order valence-corrected chi connectivity index (χ3v) is 5.87. The van der Waals surface area contributed by atoms with Gasteiger partial charge in [-0.2, -0.15) is 0 Å². The molecule has 0 bridgehead atoms. The molecule has 0 spiro atoms. The SMILES string of the molecule is O=C(/C=C/c1ccc(-c2ccc(Cl)cc2Cl)o1)NC(=S)Nc1cccc(-c2nc3ccccc3o2)c1. The average Bonchev–Trinajstić information content (AvgIpc) is 3.50. The zero-order valence-electron chi connectivity index (χ0n) is 18.5. The van der Waals surface area contributed by atoms with E-state index < -0.39 is 5.91 Å². The zero-order valence-corrected chi connectivity index (χ0v) is 20.8. The normalized spacial score (nSPS) is 11.2. The number of furan rings is 1. The molecular formula is C27H17Cl2N3O3S. The van der Waals surface area contributed by atoms with Gasteiger partial charge in [0, 0.05) is 27.9 Å². The number of carbonyl (C=O) groups excluding carboxylic acids is 1. The van der Waals surface area contributed by atoms with Crippen LogP contribution in [-0.2, 0) is 4.79 Å². The topological polar surface area (TPSA) is 80.3 Å². The molecule has 0 fully saturated rings. The molecule has 3 aromatic carbocycles. The zero-order chi connectivity index (χ0) is 25.1. The number of carbonyl (C=O) groups is 1. The smallest absolute Gasteiger partial charge is 0.250 e. The van der Waals surface area contributed by atoms with Gasteiger partial charge in [0.05, 0.1) is 5.02 Å². The van der Waals surface area contributed by atoms with E-state index in [4.69, 9.17) is 44.3 Å². The van der Waals surface area contributed by atoms with Gasteiger partial charge in [0.1, 0.15) is 17.0 Å². The molecule has 0 saturated heterocycles. The Morgan fingerprint density at radius 2 is 1.81 bits per heavy atom. The van der Waals surface area contributed by atoms with E-state index in [0.717, 1.165) is 11.1 Å². The average molecular weight is 534 g/mol. The minimum absolute atomic E-state index is 0.146. The lowest BCUT2D eigenvalue weighted by molar-refractivity contribution is -0.115. The van der Waals surface area contributed by atoms with Crippen molar-refractivity contribution in [2.24, 2.45) is 0 Å². The summed E-state index contributed by atoms with van der Waals surface area (Å²) in [6.07, 6.45) is 2.87. The summed E-state index contributed by atoms with van der Waals surface area (Å²) in [5, 5.41) is 6.77. The van der Waals surface area contributed by atoms with E-state index in [-0.39, 0.29) is 5.11 Å². The van der Waals surface area contributed by atoms with Gasteiger partial charge >= 0.3 is 0 Å². The molecule has 5 rings (SSSR count). The van der Waals surface area contributed by atoms with Crippen molar-refractivity contribution in [2.75, 3.05) is 5.32 Å². The van der Waals surface area contributed by atoms with Gasteiger partial charge in [-0.15, -0.1) is 0 Å². The lowest BCUT2D eigenvalue weighted by atomic mass is 10.2. The van der Waals surface area contributed by atoms with Crippen LogP contribution in [0, 0.1) is 0 Å². The molecule has 178 valence electrons. The Morgan fingerprint density at radius 3 is 2.64 bits per heavy atom.